The van der Waals surface area contributed by atoms with Crippen LogP contribution < -0.4 is 26.2 Å². The van der Waals surface area contributed by atoms with E-state index in [9.17, 15) is 0 Å². The molecule has 0 radical (unpaired) electrons. The normalized spacial score (nSPS) is 19.3. The Morgan fingerprint density at radius 1 is 0.483 bits per heavy atom. The van der Waals surface area contributed by atoms with E-state index in [2.05, 4.69) is 199 Å². The molecule has 3 heteroatoms. The van der Waals surface area contributed by atoms with Crippen LogP contribution in [-0.4, -0.2) is 6.71 Å². The maximum absolute atomic E-state index is 2.71. The lowest BCUT2D eigenvalue weighted by molar-refractivity contribution is 0.332. The van der Waals surface area contributed by atoms with E-state index in [1.54, 1.807) is 0 Å². The van der Waals surface area contributed by atoms with Crippen molar-refractivity contribution >= 4 is 57.2 Å². The molecule has 0 N–H and O–H groups in total. The van der Waals surface area contributed by atoms with Crippen molar-refractivity contribution in [1.82, 2.24) is 0 Å². The van der Waals surface area contributed by atoms with E-state index >= 15 is 0 Å². The predicted octanol–water partition coefficient (Wildman–Crippen LogP) is 13.3. The summed E-state index contributed by atoms with van der Waals surface area (Å²) in [5, 5.41) is 0. The van der Waals surface area contributed by atoms with Crippen molar-refractivity contribution in [2.45, 2.75) is 163 Å². The highest BCUT2D eigenvalue weighted by atomic mass is 15.2. The van der Waals surface area contributed by atoms with E-state index in [0.717, 1.165) is 6.42 Å². The molecule has 0 amide bonds. The maximum atomic E-state index is 2.71. The Hall–Kier alpha value is -4.24. The molecular weight excluding hydrogens is 699 g/mol. The van der Waals surface area contributed by atoms with Crippen molar-refractivity contribution in [3.63, 3.8) is 0 Å². The zero-order valence-electron chi connectivity index (χ0n) is 38.6. The van der Waals surface area contributed by atoms with Crippen LogP contribution in [0.15, 0.2) is 78.9 Å². The second-order valence-electron chi connectivity index (χ2n) is 23.5. The van der Waals surface area contributed by atoms with E-state index in [1.165, 1.54) is 108 Å². The van der Waals surface area contributed by atoms with Gasteiger partial charge in [-0.3, -0.25) is 0 Å². The van der Waals surface area contributed by atoms with E-state index in [0.29, 0.717) is 0 Å². The summed E-state index contributed by atoms with van der Waals surface area (Å²) in [5.41, 5.74) is 24.0. The zero-order chi connectivity index (χ0) is 41.9. The summed E-state index contributed by atoms with van der Waals surface area (Å²) in [6.45, 7) is 38.6. The Labute approximate surface area is 351 Å². The minimum absolute atomic E-state index is 0.00931. The van der Waals surface area contributed by atoms with Crippen LogP contribution in [0.5, 0.6) is 0 Å². The van der Waals surface area contributed by atoms with Gasteiger partial charge in [-0.25, -0.2) is 0 Å². The number of fused-ring (bicyclic) bond motifs is 6. The molecule has 0 saturated heterocycles. The highest BCUT2D eigenvalue weighted by Gasteiger charge is 2.48. The van der Waals surface area contributed by atoms with Gasteiger partial charge in [0.25, 0.3) is 6.71 Å². The minimum Gasteiger partial charge on any atom is -0.311 e. The third-order valence-electron chi connectivity index (χ3n) is 14.9. The van der Waals surface area contributed by atoms with E-state index in [4.69, 9.17) is 0 Å². The Morgan fingerprint density at radius 2 is 1.00 bits per heavy atom. The first-order chi connectivity index (χ1) is 26.8. The minimum atomic E-state index is 0.00931. The van der Waals surface area contributed by atoms with Crippen LogP contribution in [0.25, 0.3) is 0 Å². The second kappa shape index (κ2) is 12.2. The van der Waals surface area contributed by atoms with Gasteiger partial charge in [0.15, 0.2) is 0 Å². The topological polar surface area (TPSA) is 6.48 Å². The second-order valence-corrected chi connectivity index (χ2v) is 23.5. The maximum Gasteiger partial charge on any atom is 0.252 e. The number of anilines is 6. The van der Waals surface area contributed by atoms with Gasteiger partial charge in [-0.2, -0.15) is 0 Å². The van der Waals surface area contributed by atoms with Gasteiger partial charge in [-0.05, 0) is 169 Å². The van der Waals surface area contributed by atoms with Crippen LogP contribution in [0, 0.1) is 13.8 Å². The summed E-state index contributed by atoms with van der Waals surface area (Å²) in [5.74, 6) is 0. The first-order valence-electron chi connectivity index (χ1n) is 22.1. The SMILES string of the molecule is Cc1cc2c3c(c1)N(c1cc4c(cc1C)C(C)(C)CC4(C)C)c1cc4c(cc1B3c1ccc(C(C)(C)C)cc1N2c1cccc(C(C)(C)C)c1)C(C)(C)CCC4(C)C. The highest BCUT2D eigenvalue weighted by Crippen LogP contribution is 2.54. The van der Waals surface area contributed by atoms with Gasteiger partial charge in [0, 0.05) is 34.1 Å². The van der Waals surface area contributed by atoms with Crippen molar-refractivity contribution in [2.24, 2.45) is 0 Å². The largest absolute Gasteiger partial charge is 0.311 e. The molecule has 58 heavy (non-hydrogen) atoms. The summed E-state index contributed by atoms with van der Waals surface area (Å²) in [4.78, 5) is 5.34. The molecule has 2 nitrogen and oxygen atoms in total. The van der Waals surface area contributed by atoms with Crippen LogP contribution in [-0.2, 0) is 32.5 Å². The van der Waals surface area contributed by atoms with Crippen molar-refractivity contribution in [2.75, 3.05) is 9.80 Å². The van der Waals surface area contributed by atoms with Crippen LogP contribution >= 0.6 is 0 Å². The van der Waals surface area contributed by atoms with E-state index < -0.39 is 0 Å². The molecule has 0 fully saturated rings. The Bertz CT molecular complexity index is 2550. The van der Waals surface area contributed by atoms with Gasteiger partial charge in [-0.1, -0.05) is 133 Å². The molecule has 5 aromatic carbocycles. The van der Waals surface area contributed by atoms with Gasteiger partial charge in [0.05, 0.1) is 0 Å². The lowest BCUT2D eigenvalue weighted by Gasteiger charge is -2.48. The molecule has 0 bridgehead atoms. The number of hydrogen-bond acceptors (Lipinski definition) is 2. The van der Waals surface area contributed by atoms with Crippen molar-refractivity contribution in [3.05, 3.63) is 123 Å². The Morgan fingerprint density at radius 3 is 1.62 bits per heavy atom. The molecule has 0 aromatic heterocycles. The first-order valence-corrected chi connectivity index (χ1v) is 22.1. The van der Waals surface area contributed by atoms with Gasteiger partial charge in [-0.15, -0.1) is 0 Å². The average molecular weight is 767 g/mol. The molecule has 2 aliphatic heterocycles. The molecule has 4 aliphatic rings. The summed E-state index contributed by atoms with van der Waals surface area (Å²) in [6.07, 6.45) is 3.54. The van der Waals surface area contributed by atoms with Crippen molar-refractivity contribution in [3.8, 4) is 0 Å². The molecule has 0 unspecified atom stereocenters. The highest BCUT2D eigenvalue weighted by molar-refractivity contribution is 7.00. The molecule has 0 atom stereocenters. The summed E-state index contributed by atoms with van der Waals surface area (Å²) >= 11 is 0. The monoisotopic (exact) mass is 767 g/mol. The quantitative estimate of drug-likeness (QED) is 0.162. The third-order valence-corrected chi connectivity index (χ3v) is 14.9. The number of rotatable bonds is 2. The van der Waals surface area contributed by atoms with Crippen LogP contribution in [0.2, 0.25) is 0 Å². The number of hydrogen-bond donors (Lipinski definition) is 0. The van der Waals surface area contributed by atoms with Crippen molar-refractivity contribution < 1.29 is 0 Å². The van der Waals surface area contributed by atoms with Crippen LogP contribution in [0.3, 0.4) is 0 Å². The molecule has 2 heterocycles. The third kappa shape index (κ3) is 5.79. The smallest absolute Gasteiger partial charge is 0.252 e. The molecule has 2 aliphatic carbocycles. The number of nitrogens with zero attached hydrogens (tertiary/aromatic N) is 2. The summed E-state index contributed by atoms with van der Waals surface area (Å²) in [6, 6.07) is 32.3. The van der Waals surface area contributed by atoms with Gasteiger partial charge < -0.3 is 9.80 Å². The van der Waals surface area contributed by atoms with E-state index in [1.807, 2.05) is 0 Å². The van der Waals surface area contributed by atoms with Gasteiger partial charge in [0.2, 0.25) is 0 Å². The summed E-state index contributed by atoms with van der Waals surface area (Å²) in [7, 11) is 0. The van der Waals surface area contributed by atoms with Crippen molar-refractivity contribution in [1.29, 1.82) is 0 Å². The standard InChI is InChI=1S/C55H67BN2/c1-33-24-47-49-48(25-33)58(44-30-41-38(26-34(44)2)54(13,14)32-55(41,15)16)46-31-40-39(52(9,10)22-23-53(40,11)12)29-43(46)56(49)42-21-20-36(51(6,7)8)28-45(42)57(47)37-19-17-18-35(27-37)50(3,4)5/h17-21,24-31H,22-23,32H2,1-16H3. The van der Waals surface area contributed by atoms with Crippen LogP contribution in [0.4, 0.5) is 34.1 Å². The fourth-order valence-electron chi connectivity index (χ4n) is 11.7. The Kier molecular flexibility index (Phi) is 8.24. The molecular formula is C55H67BN2. The number of benzene rings is 5. The molecule has 0 saturated carbocycles. The van der Waals surface area contributed by atoms with Crippen LogP contribution in [0.1, 0.15) is 161 Å². The lowest BCUT2D eigenvalue weighted by Crippen LogP contribution is -2.62. The first kappa shape index (κ1) is 39.2. The zero-order valence-corrected chi connectivity index (χ0v) is 38.6. The molecule has 9 rings (SSSR count). The molecule has 0 spiro atoms. The molecule has 5 aromatic rings. The lowest BCUT2D eigenvalue weighted by atomic mass is 9.33. The molecule has 300 valence electrons. The van der Waals surface area contributed by atoms with Gasteiger partial charge in [0.1, 0.15) is 0 Å². The predicted molar refractivity (Wildman–Crippen MR) is 253 cm³/mol. The number of aryl methyl sites for hydroxylation is 2. The fraction of sp³-hybridized carbons (Fsp3) is 0.455. The Balaban J connectivity index is 1.42. The average Bonchev–Trinajstić information content (AvgIpc) is 3.30. The summed E-state index contributed by atoms with van der Waals surface area (Å²) < 4.78 is 0. The van der Waals surface area contributed by atoms with Gasteiger partial charge >= 0.3 is 0 Å². The fourth-order valence-corrected chi connectivity index (χ4v) is 11.7. The van der Waals surface area contributed by atoms with E-state index in [-0.39, 0.29) is 39.2 Å².